The summed E-state index contributed by atoms with van der Waals surface area (Å²) in [6.45, 7) is 4.66. The van der Waals surface area contributed by atoms with E-state index in [2.05, 4.69) is 16.6 Å². The van der Waals surface area contributed by atoms with Crippen LogP contribution in [0.2, 0.25) is 0 Å². The van der Waals surface area contributed by atoms with Crippen LogP contribution < -0.4 is 14.8 Å². The molecule has 0 saturated heterocycles. The van der Waals surface area contributed by atoms with Gasteiger partial charge in [0.1, 0.15) is 5.75 Å². The van der Waals surface area contributed by atoms with E-state index in [1.54, 1.807) is 12.1 Å². The molecule has 0 aromatic heterocycles. The Morgan fingerprint density at radius 1 is 1.07 bits per heavy atom. The number of hydrogen-bond donors (Lipinski definition) is 2. The van der Waals surface area contributed by atoms with Crippen LogP contribution in [0.4, 0.5) is 0 Å². The molecule has 0 unspecified atom stereocenters. The fraction of sp³-hybridized carbons (Fsp3) is 0.250. The molecule has 0 bridgehead atoms. The number of ether oxygens (including phenoxy) is 1. The van der Waals surface area contributed by atoms with Gasteiger partial charge in [-0.3, -0.25) is 4.79 Å². The van der Waals surface area contributed by atoms with Gasteiger partial charge in [0.05, 0.1) is 11.5 Å². The van der Waals surface area contributed by atoms with E-state index in [9.17, 15) is 13.2 Å². The van der Waals surface area contributed by atoms with E-state index >= 15 is 0 Å². The highest BCUT2D eigenvalue weighted by atomic mass is 32.2. The number of nitrogens with one attached hydrogen (secondary N) is 2. The third-order valence-corrected chi connectivity index (χ3v) is 5.11. The van der Waals surface area contributed by atoms with Gasteiger partial charge >= 0.3 is 0 Å². The Bertz CT molecular complexity index is 851. The van der Waals surface area contributed by atoms with Crippen LogP contribution >= 0.6 is 0 Å². The highest BCUT2D eigenvalue weighted by Crippen LogP contribution is 2.12. The predicted molar refractivity (Wildman–Crippen MR) is 105 cm³/mol. The molecule has 144 valence electrons. The summed E-state index contributed by atoms with van der Waals surface area (Å²) in [4.78, 5) is 12.3. The monoisotopic (exact) mass is 388 g/mol. The highest BCUT2D eigenvalue weighted by Gasteiger charge is 2.15. The Labute approximate surface area is 160 Å². The molecule has 0 saturated carbocycles. The van der Waals surface area contributed by atoms with Gasteiger partial charge in [-0.1, -0.05) is 30.3 Å². The summed E-state index contributed by atoms with van der Waals surface area (Å²) < 4.78 is 32.2. The van der Waals surface area contributed by atoms with Crippen LogP contribution in [-0.2, 0) is 10.0 Å². The number of rotatable bonds is 11. The maximum Gasteiger partial charge on any atom is 0.251 e. The van der Waals surface area contributed by atoms with Crippen molar-refractivity contribution in [1.29, 1.82) is 0 Å². The minimum absolute atomic E-state index is 0.0493. The standard InChI is InChI=1S/C20H24N2O4S/c1-2-13-22-27(24,25)19-12-8-9-17(16-19)20(23)21-14-6-7-15-26-18-10-4-3-5-11-18/h2-5,8-12,16,22H,1,6-7,13-15H2,(H,21,23). The lowest BCUT2D eigenvalue weighted by Gasteiger charge is -2.09. The second kappa shape index (κ2) is 10.5. The molecule has 0 radical (unpaired) electrons. The van der Waals surface area contributed by atoms with E-state index < -0.39 is 10.0 Å². The average Bonchev–Trinajstić information content (AvgIpc) is 2.70. The Morgan fingerprint density at radius 3 is 2.59 bits per heavy atom. The van der Waals surface area contributed by atoms with Crippen LogP contribution in [0, 0.1) is 0 Å². The molecule has 0 atom stereocenters. The molecule has 2 N–H and O–H groups in total. The Hall–Kier alpha value is -2.64. The fourth-order valence-electron chi connectivity index (χ4n) is 2.29. The zero-order valence-electron chi connectivity index (χ0n) is 15.1. The molecule has 2 aromatic rings. The molecule has 0 fully saturated rings. The van der Waals surface area contributed by atoms with Gasteiger partial charge < -0.3 is 10.1 Å². The van der Waals surface area contributed by atoms with Crippen LogP contribution in [0.3, 0.4) is 0 Å². The van der Waals surface area contributed by atoms with Crippen molar-refractivity contribution in [2.45, 2.75) is 17.7 Å². The number of hydrogen-bond acceptors (Lipinski definition) is 4. The first-order valence-electron chi connectivity index (χ1n) is 8.69. The first-order valence-corrected chi connectivity index (χ1v) is 10.2. The van der Waals surface area contributed by atoms with Gasteiger partial charge in [0, 0.05) is 18.7 Å². The number of amides is 1. The van der Waals surface area contributed by atoms with Crippen molar-refractivity contribution in [3.05, 3.63) is 72.8 Å². The Morgan fingerprint density at radius 2 is 1.85 bits per heavy atom. The van der Waals surface area contributed by atoms with Crippen molar-refractivity contribution in [2.24, 2.45) is 0 Å². The highest BCUT2D eigenvalue weighted by molar-refractivity contribution is 7.89. The van der Waals surface area contributed by atoms with Gasteiger partial charge in [-0.25, -0.2) is 13.1 Å². The first-order chi connectivity index (χ1) is 13.0. The van der Waals surface area contributed by atoms with Crippen LogP contribution in [0.5, 0.6) is 5.75 Å². The topological polar surface area (TPSA) is 84.5 Å². The van der Waals surface area contributed by atoms with Gasteiger partial charge in [-0.2, -0.15) is 0 Å². The summed E-state index contributed by atoms with van der Waals surface area (Å²) in [5.41, 5.74) is 0.303. The van der Waals surface area contributed by atoms with Crippen LogP contribution in [-0.4, -0.2) is 34.0 Å². The molecule has 27 heavy (non-hydrogen) atoms. The Balaban J connectivity index is 1.77. The molecular formula is C20H24N2O4S. The summed E-state index contributed by atoms with van der Waals surface area (Å²) in [5, 5.41) is 2.79. The maximum absolute atomic E-state index is 12.2. The molecule has 0 aliphatic rings. The molecule has 0 spiro atoms. The van der Waals surface area contributed by atoms with Gasteiger partial charge in [0.15, 0.2) is 0 Å². The molecular weight excluding hydrogens is 364 g/mol. The minimum Gasteiger partial charge on any atom is -0.494 e. The summed E-state index contributed by atoms with van der Waals surface area (Å²) >= 11 is 0. The predicted octanol–water partition coefficient (Wildman–Crippen LogP) is 2.74. The summed E-state index contributed by atoms with van der Waals surface area (Å²) in [6, 6.07) is 15.5. The van der Waals surface area contributed by atoms with Crippen molar-refractivity contribution < 1.29 is 17.9 Å². The molecule has 7 heteroatoms. The van der Waals surface area contributed by atoms with Crippen molar-refractivity contribution >= 4 is 15.9 Å². The van der Waals surface area contributed by atoms with Crippen LogP contribution in [0.15, 0.2) is 72.1 Å². The van der Waals surface area contributed by atoms with E-state index in [0.717, 1.165) is 18.6 Å². The molecule has 0 heterocycles. The van der Waals surface area contributed by atoms with Gasteiger partial charge in [-0.05, 0) is 43.2 Å². The number of sulfonamides is 1. The number of unbranched alkanes of at least 4 members (excludes halogenated alkanes) is 1. The molecule has 6 nitrogen and oxygen atoms in total. The zero-order chi connectivity index (χ0) is 19.5. The largest absolute Gasteiger partial charge is 0.494 e. The van der Waals surface area contributed by atoms with Crippen LogP contribution in [0.25, 0.3) is 0 Å². The maximum atomic E-state index is 12.2. The van der Waals surface area contributed by atoms with Gasteiger partial charge in [0.25, 0.3) is 5.91 Å². The third kappa shape index (κ3) is 6.88. The SMILES string of the molecule is C=CCNS(=O)(=O)c1cccc(C(=O)NCCCCOc2ccccc2)c1. The van der Waals surface area contributed by atoms with Crippen molar-refractivity contribution in [1.82, 2.24) is 10.0 Å². The van der Waals surface area contributed by atoms with Gasteiger partial charge in [-0.15, -0.1) is 6.58 Å². The lowest BCUT2D eigenvalue weighted by Crippen LogP contribution is -2.26. The van der Waals surface area contributed by atoms with Crippen LogP contribution in [0.1, 0.15) is 23.2 Å². The van der Waals surface area contributed by atoms with Crippen molar-refractivity contribution in [3.63, 3.8) is 0 Å². The number of carbonyl (C=O) groups excluding carboxylic acids is 1. The Kier molecular flexibility index (Phi) is 8.03. The van der Waals surface area contributed by atoms with E-state index in [-0.39, 0.29) is 17.3 Å². The number of benzene rings is 2. The summed E-state index contributed by atoms with van der Waals surface area (Å²) in [7, 11) is -3.66. The first kappa shape index (κ1) is 20.7. The fourth-order valence-corrected chi connectivity index (χ4v) is 3.34. The number of carbonyl (C=O) groups is 1. The zero-order valence-corrected chi connectivity index (χ0v) is 15.9. The van der Waals surface area contributed by atoms with E-state index in [1.807, 2.05) is 30.3 Å². The molecule has 2 rings (SSSR count). The summed E-state index contributed by atoms with van der Waals surface area (Å²) in [6.07, 6.45) is 3.02. The van der Waals surface area contributed by atoms with E-state index in [0.29, 0.717) is 18.7 Å². The van der Waals surface area contributed by atoms with Crippen molar-refractivity contribution in [3.8, 4) is 5.75 Å². The average molecular weight is 388 g/mol. The second-order valence-electron chi connectivity index (χ2n) is 5.79. The quantitative estimate of drug-likeness (QED) is 0.458. The van der Waals surface area contributed by atoms with Gasteiger partial charge in [0.2, 0.25) is 10.0 Å². The lowest BCUT2D eigenvalue weighted by atomic mass is 10.2. The smallest absolute Gasteiger partial charge is 0.251 e. The lowest BCUT2D eigenvalue weighted by molar-refractivity contribution is 0.0952. The second-order valence-corrected chi connectivity index (χ2v) is 7.56. The molecule has 1 amide bonds. The molecule has 0 aliphatic heterocycles. The third-order valence-electron chi connectivity index (χ3n) is 3.69. The molecule has 2 aromatic carbocycles. The van der Waals surface area contributed by atoms with Crippen molar-refractivity contribution in [2.75, 3.05) is 19.7 Å². The van der Waals surface area contributed by atoms with E-state index in [1.165, 1.54) is 18.2 Å². The van der Waals surface area contributed by atoms with E-state index in [4.69, 9.17) is 4.74 Å². The summed E-state index contributed by atoms with van der Waals surface area (Å²) in [5.74, 6) is 0.518. The number of para-hydroxylation sites is 1. The minimum atomic E-state index is -3.66. The molecule has 0 aliphatic carbocycles. The normalized spacial score (nSPS) is 11.0.